The third-order valence-electron chi connectivity index (χ3n) is 3.03. The smallest absolute Gasteiger partial charge is 0.0700 e. The predicted molar refractivity (Wildman–Crippen MR) is 79.2 cm³/mol. The first-order valence-corrected chi connectivity index (χ1v) is 7.04. The van der Waals surface area contributed by atoms with Crippen molar-refractivity contribution in [3.63, 3.8) is 0 Å². The third-order valence-corrected chi connectivity index (χ3v) is 3.03. The zero-order valence-electron chi connectivity index (χ0n) is 12.4. The van der Waals surface area contributed by atoms with E-state index in [4.69, 9.17) is 15.2 Å². The van der Waals surface area contributed by atoms with Gasteiger partial charge in [-0.2, -0.15) is 0 Å². The minimum atomic E-state index is 0.0506. The Hall–Kier alpha value is -0.900. The molecule has 0 spiro atoms. The van der Waals surface area contributed by atoms with Crippen LogP contribution in [0.2, 0.25) is 0 Å². The summed E-state index contributed by atoms with van der Waals surface area (Å²) < 4.78 is 10.4. The zero-order chi connectivity index (χ0) is 14.1. The maximum absolute atomic E-state index is 6.20. The molecule has 0 bridgehead atoms. The van der Waals surface area contributed by atoms with Crippen LogP contribution in [0.15, 0.2) is 24.3 Å². The molecule has 0 radical (unpaired) electrons. The molecule has 0 saturated heterocycles. The van der Waals surface area contributed by atoms with Crippen molar-refractivity contribution in [2.24, 2.45) is 11.7 Å². The lowest BCUT2D eigenvalue weighted by atomic mass is 9.97. The van der Waals surface area contributed by atoms with Crippen molar-refractivity contribution in [1.82, 2.24) is 0 Å². The van der Waals surface area contributed by atoms with Crippen molar-refractivity contribution in [3.8, 4) is 0 Å². The summed E-state index contributed by atoms with van der Waals surface area (Å²) in [6, 6.07) is 8.64. The van der Waals surface area contributed by atoms with Gasteiger partial charge in [-0.1, -0.05) is 38.1 Å². The molecular weight excluding hydrogens is 238 g/mol. The van der Waals surface area contributed by atoms with Gasteiger partial charge < -0.3 is 15.2 Å². The van der Waals surface area contributed by atoms with E-state index < -0.39 is 0 Å². The van der Waals surface area contributed by atoms with E-state index in [1.807, 2.05) is 0 Å². The first-order valence-electron chi connectivity index (χ1n) is 7.04. The lowest BCUT2D eigenvalue weighted by Gasteiger charge is -2.14. The molecule has 0 heterocycles. The van der Waals surface area contributed by atoms with Crippen LogP contribution in [0.3, 0.4) is 0 Å². The highest BCUT2D eigenvalue weighted by Crippen LogP contribution is 2.17. The fourth-order valence-corrected chi connectivity index (χ4v) is 2.04. The number of hydrogen-bond acceptors (Lipinski definition) is 3. The standard InChI is InChI=1S/C16H27NO2/c1-13(2)11-14-5-4-6-15(12-14)16(17)7-8-19-10-9-18-3/h4-6,12-13,16H,7-11,17H2,1-3H3. The molecule has 1 aromatic rings. The predicted octanol–water partition coefficient (Wildman–Crippen LogP) is 2.94. The van der Waals surface area contributed by atoms with Crippen molar-refractivity contribution >= 4 is 0 Å². The molecule has 1 aromatic carbocycles. The van der Waals surface area contributed by atoms with Gasteiger partial charge in [-0.25, -0.2) is 0 Å². The van der Waals surface area contributed by atoms with Gasteiger partial charge in [-0.15, -0.1) is 0 Å². The molecular formula is C16H27NO2. The molecule has 0 aromatic heterocycles. The Morgan fingerprint density at radius 1 is 1.16 bits per heavy atom. The summed E-state index contributed by atoms with van der Waals surface area (Å²) in [6.45, 7) is 6.42. The van der Waals surface area contributed by atoms with E-state index in [1.54, 1.807) is 7.11 Å². The van der Waals surface area contributed by atoms with Gasteiger partial charge in [0, 0.05) is 19.8 Å². The Labute approximate surface area is 117 Å². The SMILES string of the molecule is COCCOCCC(N)c1cccc(CC(C)C)c1. The second-order valence-electron chi connectivity index (χ2n) is 5.34. The van der Waals surface area contributed by atoms with E-state index in [0.29, 0.717) is 25.7 Å². The Balaban J connectivity index is 2.40. The first kappa shape index (κ1) is 16.2. The number of benzene rings is 1. The maximum Gasteiger partial charge on any atom is 0.0700 e. The molecule has 0 fully saturated rings. The number of ether oxygens (including phenoxy) is 2. The highest BCUT2D eigenvalue weighted by atomic mass is 16.5. The van der Waals surface area contributed by atoms with Crippen molar-refractivity contribution < 1.29 is 9.47 Å². The van der Waals surface area contributed by atoms with Gasteiger partial charge in [-0.3, -0.25) is 0 Å². The molecule has 0 aliphatic heterocycles. The van der Waals surface area contributed by atoms with Crippen LogP contribution >= 0.6 is 0 Å². The monoisotopic (exact) mass is 265 g/mol. The Kier molecular flexibility index (Phi) is 7.72. The molecule has 3 heteroatoms. The average molecular weight is 265 g/mol. The van der Waals surface area contributed by atoms with Crippen LogP contribution in [0.4, 0.5) is 0 Å². The van der Waals surface area contributed by atoms with Gasteiger partial charge in [0.25, 0.3) is 0 Å². The summed E-state index contributed by atoms with van der Waals surface area (Å²) in [5.41, 5.74) is 8.76. The molecule has 1 atom stereocenters. The molecule has 0 amide bonds. The number of hydrogen-bond donors (Lipinski definition) is 1. The maximum atomic E-state index is 6.20. The van der Waals surface area contributed by atoms with Crippen molar-refractivity contribution in [3.05, 3.63) is 35.4 Å². The minimum absolute atomic E-state index is 0.0506. The van der Waals surface area contributed by atoms with Crippen LogP contribution < -0.4 is 5.73 Å². The van der Waals surface area contributed by atoms with Gasteiger partial charge >= 0.3 is 0 Å². The minimum Gasteiger partial charge on any atom is -0.382 e. The summed E-state index contributed by atoms with van der Waals surface area (Å²) in [4.78, 5) is 0. The third kappa shape index (κ3) is 6.71. The highest BCUT2D eigenvalue weighted by Gasteiger charge is 2.07. The van der Waals surface area contributed by atoms with Gasteiger partial charge in [0.15, 0.2) is 0 Å². The fraction of sp³-hybridized carbons (Fsp3) is 0.625. The van der Waals surface area contributed by atoms with Crippen molar-refractivity contribution in [2.45, 2.75) is 32.7 Å². The van der Waals surface area contributed by atoms with Crippen LogP contribution in [-0.2, 0) is 15.9 Å². The number of rotatable bonds is 9. The lowest BCUT2D eigenvalue weighted by Crippen LogP contribution is -2.14. The molecule has 3 nitrogen and oxygen atoms in total. The van der Waals surface area contributed by atoms with Crippen LogP contribution in [0.1, 0.15) is 37.4 Å². The topological polar surface area (TPSA) is 44.5 Å². The summed E-state index contributed by atoms with van der Waals surface area (Å²) in [5.74, 6) is 0.670. The van der Waals surface area contributed by atoms with E-state index >= 15 is 0 Å². The van der Waals surface area contributed by atoms with Gasteiger partial charge in [0.2, 0.25) is 0 Å². The first-order chi connectivity index (χ1) is 9.13. The van der Waals surface area contributed by atoms with Crippen LogP contribution in [0.25, 0.3) is 0 Å². The Morgan fingerprint density at radius 2 is 1.95 bits per heavy atom. The van der Waals surface area contributed by atoms with E-state index in [1.165, 1.54) is 11.1 Å². The zero-order valence-corrected chi connectivity index (χ0v) is 12.4. The van der Waals surface area contributed by atoms with E-state index in [9.17, 15) is 0 Å². The van der Waals surface area contributed by atoms with Crippen molar-refractivity contribution in [1.29, 1.82) is 0 Å². The van der Waals surface area contributed by atoms with E-state index in [-0.39, 0.29) is 6.04 Å². The number of nitrogens with two attached hydrogens (primary N) is 1. The molecule has 1 rings (SSSR count). The summed E-state index contributed by atoms with van der Waals surface area (Å²) in [7, 11) is 1.68. The molecule has 19 heavy (non-hydrogen) atoms. The quantitative estimate of drug-likeness (QED) is 0.698. The molecule has 2 N–H and O–H groups in total. The molecule has 1 unspecified atom stereocenters. The summed E-state index contributed by atoms with van der Waals surface area (Å²) in [5, 5.41) is 0. The Morgan fingerprint density at radius 3 is 2.63 bits per heavy atom. The molecule has 108 valence electrons. The fourth-order valence-electron chi connectivity index (χ4n) is 2.04. The van der Waals surface area contributed by atoms with Gasteiger partial charge in [-0.05, 0) is 29.9 Å². The van der Waals surface area contributed by atoms with Gasteiger partial charge in [0.1, 0.15) is 0 Å². The van der Waals surface area contributed by atoms with E-state index in [0.717, 1.165) is 12.8 Å². The van der Waals surface area contributed by atoms with Crippen molar-refractivity contribution in [2.75, 3.05) is 26.9 Å². The average Bonchev–Trinajstić information content (AvgIpc) is 2.38. The van der Waals surface area contributed by atoms with Crippen LogP contribution in [0.5, 0.6) is 0 Å². The second-order valence-corrected chi connectivity index (χ2v) is 5.34. The molecule has 0 aliphatic rings. The summed E-state index contributed by atoms with van der Waals surface area (Å²) in [6.07, 6.45) is 1.94. The highest BCUT2D eigenvalue weighted by molar-refractivity contribution is 5.26. The van der Waals surface area contributed by atoms with Crippen LogP contribution in [0, 0.1) is 5.92 Å². The van der Waals surface area contributed by atoms with Crippen LogP contribution in [-0.4, -0.2) is 26.9 Å². The normalized spacial score (nSPS) is 12.9. The molecule has 0 saturated carbocycles. The molecule has 0 aliphatic carbocycles. The second kappa shape index (κ2) is 9.08. The van der Waals surface area contributed by atoms with E-state index in [2.05, 4.69) is 38.1 Å². The summed E-state index contributed by atoms with van der Waals surface area (Å²) >= 11 is 0. The van der Waals surface area contributed by atoms with Gasteiger partial charge in [0.05, 0.1) is 13.2 Å². The largest absolute Gasteiger partial charge is 0.382 e. The Bertz CT molecular complexity index is 352. The number of methoxy groups -OCH3 is 1. The lowest BCUT2D eigenvalue weighted by molar-refractivity contribution is 0.0672.